The molecule has 0 aromatic heterocycles. The third-order valence-corrected chi connectivity index (χ3v) is 2.34. The van der Waals surface area contributed by atoms with E-state index in [2.05, 4.69) is 12.6 Å². The molecule has 0 heterocycles. The summed E-state index contributed by atoms with van der Waals surface area (Å²) in [5.41, 5.74) is 0. The predicted octanol–water partition coefficient (Wildman–Crippen LogP) is 3.05. The van der Waals surface area contributed by atoms with Crippen LogP contribution in [0.1, 0.15) is 6.92 Å². The smallest absolute Gasteiger partial charge is 0.308 e. The minimum absolute atomic E-state index is 0.305. The summed E-state index contributed by atoms with van der Waals surface area (Å²) in [6.45, 7) is 1.39. The van der Waals surface area contributed by atoms with Gasteiger partial charge in [0.15, 0.2) is 0 Å². The first-order chi connectivity index (χ1) is 7.15. The maximum Gasteiger partial charge on any atom is 0.308 e. The van der Waals surface area contributed by atoms with Crippen LogP contribution in [0.3, 0.4) is 0 Å². The van der Waals surface area contributed by atoms with E-state index in [9.17, 15) is 4.79 Å². The molecule has 0 saturated carbocycles. The second-order valence-corrected chi connectivity index (χ2v) is 3.80. The maximum atomic E-state index is 10.8. The van der Waals surface area contributed by atoms with Gasteiger partial charge in [-0.25, -0.2) is 0 Å². The molecule has 2 aromatic carbocycles. The van der Waals surface area contributed by atoms with Crippen molar-refractivity contribution in [2.75, 3.05) is 0 Å². The van der Waals surface area contributed by atoms with Gasteiger partial charge in [-0.05, 0) is 35.0 Å². The third-order valence-electron chi connectivity index (χ3n) is 2.06. The average Bonchev–Trinajstić information content (AvgIpc) is 2.17. The van der Waals surface area contributed by atoms with Crippen LogP contribution in [0.4, 0.5) is 0 Å². The molecule has 2 aromatic rings. The van der Waals surface area contributed by atoms with Gasteiger partial charge in [-0.15, -0.1) is 12.6 Å². The molecule has 0 saturated heterocycles. The number of esters is 1. The number of hydrogen-bond acceptors (Lipinski definition) is 3. The van der Waals surface area contributed by atoms with Crippen LogP contribution >= 0.6 is 12.6 Å². The van der Waals surface area contributed by atoms with Gasteiger partial charge in [-0.3, -0.25) is 4.79 Å². The van der Waals surface area contributed by atoms with Crippen LogP contribution in [0.15, 0.2) is 41.3 Å². The lowest BCUT2D eigenvalue weighted by molar-refractivity contribution is -0.131. The molecular weight excluding hydrogens is 208 g/mol. The van der Waals surface area contributed by atoms with E-state index in [1.54, 1.807) is 6.07 Å². The normalized spacial score (nSPS) is 10.3. The van der Waals surface area contributed by atoms with E-state index in [4.69, 9.17) is 4.74 Å². The van der Waals surface area contributed by atoms with Crippen molar-refractivity contribution in [3.63, 3.8) is 0 Å². The Morgan fingerprint density at radius 1 is 1.13 bits per heavy atom. The number of thiol groups is 1. The predicted molar refractivity (Wildman–Crippen MR) is 62.5 cm³/mol. The van der Waals surface area contributed by atoms with Crippen LogP contribution in [0.5, 0.6) is 5.75 Å². The van der Waals surface area contributed by atoms with Gasteiger partial charge in [0.2, 0.25) is 0 Å². The van der Waals surface area contributed by atoms with E-state index in [-0.39, 0.29) is 5.97 Å². The minimum Gasteiger partial charge on any atom is -0.427 e. The molecule has 0 aliphatic rings. The van der Waals surface area contributed by atoms with Gasteiger partial charge < -0.3 is 4.74 Å². The van der Waals surface area contributed by atoms with E-state index in [0.29, 0.717) is 5.75 Å². The van der Waals surface area contributed by atoms with Gasteiger partial charge in [0.25, 0.3) is 0 Å². The van der Waals surface area contributed by atoms with Gasteiger partial charge in [0.1, 0.15) is 5.75 Å². The molecule has 0 amide bonds. The number of benzene rings is 2. The Kier molecular flexibility index (Phi) is 2.64. The third kappa shape index (κ3) is 2.30. The summed E-state index contributed by atoms with van der Waals surface area (Å²) in [4.78, 5) is 11.7. The molecule has 15 heavy (non-hydrogen) atoms. The summed E-state index contributed by atoms with van der Waals surface area (Å²) in [6.07, 6.45) is 0. The molecule has 0 atom stereocenters. The maximum absolute atomic E-state index is 10.8. The van der Waals surface area contributed by atoms with Crippen LogP contribution in [0.2, 0.25) is 0 Å². The first-order valence-electron chi connectivity index (χ1n) is 4.56. The SMILES string of the molecule is CC(=O)Oc1ccc2cc(S)ccc2c1. The van der Waals surface area contributed by atoms with Gasteiger partial charge in [-0.2, -0.15) is 0 Å². The molecular formula is C12H10O2S. The largest absolute Gasteiger partial charge is 0.427 e. The lowest BCUT2D eigenvalue weighted by Crippen LogP contribution is -2.00. The highest BCUT2D eigenvalue weighted by atomic mass is 32.1. The fourth-order valence-electron chi connectivity index (χ4n) is 1.44. The minimum atomic E-state index is -0.305. The zero-order chi connectivity index (χ0) is 10.8. The second-order valence-electron chi connectivity index (χ2n) is 3.29. The summed E-state index contributed by atoms with van der Waals surface area (Å²) in [6, 6.07) is 11.3. The molecule has 0 fully saturated rings. The molecule has 0 N–H and O–H groups in total. The Balaban J connectivity index is 2.47. The van der Waals surface area contributed by atoms with E-state index >= 15 is 0 Å². The Bertz CT molecular complexity index is 520. The van der Waals surface area contributed by atoms with Crippen molar-refractivity contribution < 1.29 is 9.53 Å². The van der Waals surface area contributed by atoms with E-state index in [1.807, 2.05) is 30.3 Å². The molecule has 2 nitrogen and oxygen atoms in total. The highest BCUT2D eigenvalue weighted by Gasteiger charge is 2.00. The quantitative estimate of drug-likeness (QED) is 0.452. The second kappa shape index (κ2) is 3.95. The van der Waals surface area contributed by atoms with Crippen LogP contribution in [-0.2, 0) is 4.79 Å². The molecule has 0 unspecified atom stereocenters. The number of hydrogen-bond donors (Lipinski definition) is 1. The first kappa shape index (κ1) is 10.1. The molecule has 2 rings (SSSR count). The Hall–Kier alpha value is -1.48. The van der Waals surface area contributed by atoms with E-state index in [1.165, 1.54) is 6.92 Å². The molecule has 76 valence electrons. The summed E-state index contributed by atoms with van der Waals surface area (Å²) >= 11 is 4.26. The Morgan fingerprint density at radius 2 is 1.80 bits per heavy atom. The van der Waals surface area contributed by atoms with Crippen LogP contribution in [0.25, 0.3) is 10.8 Å². The van der Waals surface area contributed by atoms with Crippen molar-refractivity contribution in [2.24, 2.45) is 0 Å². The van der Waals surface area contributed by atoms with Crippen molar-refractivity contribution in [3.05, 3.63) is 36.4 Å². The van der Waals surface area contributed by atoms with Gasteiger partial charge in [0, 0.05) is 11.8 Å². The number of ether oxygens (including phenoxy) is 1. The number of carbonyl (C=O) groups is 1. The fourth-order valence-corrected chi connectivity index (χ4v) is 1.65. The van der Waals surface area contributed by atoms with Crippen molar-refractivity contribution >= 4 is 29.4 Å². The van der Waals surface area contributed by atoms with Crippen molar-refractivity contribution in [3.8, 4) is 5.75 Å². The number of rotatable bonds is 1. The molecule has 3 heteroatoms. The fraction of sp³-hybridized carbons (Fsp3) is 0.0833. The first-order valence-corrected chi connectivity index (χ1v) is 5.01. The molecule has 0 spiro atoms. The van der Waals surface area contributed by atoms with Gasteiger partial charge in [-0.1, -0.05) is 12.1 Å². The number of carbonyl (C=O) groups excluding carboxylic acids is 1. The lowest BCUT2D eigenvalue weighted by Gasteiger charge is -2.03. The zero-order valence-corrected chi connectivity index (χ0v) is 9.12. The van der Waals surface area contributed by atoms with Crippen molar-refractivity contribution in [2.45, 2.75) is 11.8 Å². The van der Waals surface area contributed by atoms with E-state index < -0.39 is 0 Å². The van der Waals surface area contributed by atoms with Crippen molar-refractivity contribution in [1.82, 2.24) is 0 Å². The summed E-state index contributed by atoms with van der Waals surface area (Å²) in [5, 5.41) is 2.12. The van der Waals surface area contributed by atoms with Gasteiger partial charge in [0.05, 0.1) is 0 Å². The van der Waals surface area contributed by atoms with Gasteiger partial charge >= 0.3 is 5.97 Å². The zero-order valence-electron chi connectivity index (χ0n) is 8.23. The summed E-state index contributed by atoms with van der Waals surface area (Å²) < 4.78 is 4.99. The monoisotopic (exact) mass is 218 g/mol. The van der Waals surface area contributed by atoms with Crippen molar-refractivity contribution in [1.29, 1.82) is 0 Å². The van der Waals surface area contributed by atoms with E-state index in [0.717, 1.165) is 15.7 Å². The molecule has 0 aliphatic carbocycles. The molecule has 0 bridgehead atoms. The van der Waals surface area contributed by atoms with Crippen LogP contribution < -0.4 is 4.74 Å². The van der Waals surface area contributed by atoms with Crippen LogP contribution in [0, 0.1) is 0 Å². The topological polar surface area (TPSA) is 26.3 Å². The number of fused-ring (bicyclic) bond motifs is 1. The molecule has 0 radical (unpaired) electrons. The lowest BCUT2D eigenvalue weighted by atomic mass is 10.1. The summed E-state index contributed by atoms with van der Waals surface area (Å²) in [5.74, 6) is 0.266. The highest BCUT2D eigenvalue weighted by molar-refractivity contribution is 7.80. The standard InChI is InChI=1S/C12H10O2S/c1-8(13)14-11-4-2-10-7-12(15)5-3-9(10)6-11/h2-7,15H,1H3. The Morgan fingerprint density at radius 3 is 2.53 bits per heavy atom. The average molecular weight is 218 g/mol. The molecule has 0 aliphatic heterocycles. The highest BCUT2D eigenvalue weighted by Crippen LogP contribution is 2.23. The Labute approximate surface area is 93.3 Å². The van der Waals surface area contributed by atoms with Crippen LogP contribution in [-0.4, -0.2) is 5.97 Å². The summed E-state index contributed by atoms with van der Waals surface area (Å²) in [7, 11) is 0.